The van der Waals surface area contributed by atoms with Gasteiger partial charge in [-0.1, -0.05) is 11.6 Å². The number of halogens is 1. The molecule has 0 atom stereocenters. The van der Waals surface area contributed by atoms with Crippen LogP contribution < -0.4 is 4.74 Å². The minimum Gasteiger partial charge on any atom is -0.457 e. The van der Waals surface area contributed by atoms with Crippen molar-refractivity contribution in [3.8, 4) is 11.5 Å². The molecule has 0 saturated carbocycles. The van der Waals surface area contributed by atoms with Crippen LogP contribution in [0.5, 0.6) is 11.5 Å². The van der Waals surface area contributed by atoms with Gasteiger partial charge in [0.15, 0.2) is 0 Å². The molecule has 3 nitrogen and oxygen atoms in total. The van der Waals surface area contributed by atoms with Crippen LogP contribution in [0.15, 0.2) is 48.5 Å². The molecule has 0 amide bonds. The van der Waals surface area contributed by atoms with E-state index in [9.17, 15) is 9.90 Å². The van der Waals surface area contributed by atoms with Crippen molar-refractivity contribution in [3.05, 3.63) is 59.1 Å². The van der Waals surface area contributed by atoms with Gasteiger partial charge in [0.2, 0.25) is 0 Å². The molecule has 2 aromatic carbocycles. The average Bonchev–Trinajstić information content (AvgIpc) is 2.33. The first-order valence-corrected chi connectivity index (χ1v) is 5.28. The Morgan fingerprint density at radius 3 is 1.82 bits per heavy atom. The molecule has 1 radical (unpaired) electrons. The second-order valence-corrected chi connectivity index (χ2v) is 3.80. The van der Waals surface area contributed by atoms with Crippen molar-refractivity contribution in [3.63, 3.8) is 0 Å². The number of rotatable bonds is 3. The summed E-state index contributed by atoms with van der Waals surface area (Å²) < 4.78 is 5.50. The fourth-order valence-corrected chi connectivity index (χ4v) is 1.42. The van der Waals surface area contributed by atoms with Gasteiger partial charge in [-0.15, -0.1) is 0 Å². The summed E-state index contributed by atoms with van der Waals surface area (Å²) in [6.45, 7) is 0. The Morgan fingerprint density at radius 2 is 1.35 bits per heavy atom. The molecule has 17 heavy (non-hydrogen) atoms. The van der Waals surface area contributed by atoms with Crippen LogP contribution in [0.1, 0.15) is 10.4 Å². The standard InChI is InChI=1S/C13H8ClO3/c14-10-3-7-12(8-4-10)17-11-5-1-9(2-6-11)13(15)16/h1-8H. The van der Waals surface area contributed by atoms with Crippen molar-refractivity contribution >= 4 is 17.6 Å². The molecule has 0 aliphatic carbocycles. The minimum absolute atomic E-state index is 0.119. The summed E-state index contributed by atoms with van der Waals surface area (Å²) in [6.07, 6.45) is 0. The van der Waals surface area contributed by atoms with E-state index in [-0.39, 0.29) is 5.56 Å². The summed E-state index contributed by atoms with van der Waals surface area (Å²) in [5.41, 5.74) is 0.119. The van der Waals surface area contributed by atoms with E-state index in [1.54, 1.807) is 36.4 Å². The third kappa shape index (κ3) is 2.98. The van der Waals surface area contributed by atoms with E-state index in [4.69, 9.17) is 16.3 Å². The second-order valence-electron chi connectivity index (χ2n) is 3.37. The quantitative estimate of drug-likeness (QED) is 0.830. The summed E-state index contributed by atoms with van der Waals surface area (Å²) >= 11 is 5.74. The van der Waals surface area contributed by atoms with E-state index in [0.29, 0.717) is 16.5 Å². The number of ether oxygens (including phenoxy) is 1. The van der Waals surface area contributed by atoms with E-state index in [0.717, 1.165) is 0 Å². The van der Waals surface area contributed by atoms with Gasteiger partial charge in [-0.05, 0) is 48.5 Å². The first-order chi connectivity index (χ1) is 8.15. The smallest absolute Gasteiger partial charge is 0.386 e. The lowest BCUT2D eigenvalue weighted by Gasteiger charge is -2.05. The monoisotopic (exact) mass is 247 g/mol. The van der Waals surface area contributed by atoms with Gasteiger partial charge in [-0.2, -0.15) is 0 Å². The van der Waals surface area contributed by atoms with Crippen LogP contribution in [0.3, 0.4) is 0 Å². The van der Waals surface area contributed by atoms with Crippen molar-refractivity contribution in [2.24, 2.45) is 0 Å². The summed E-state index contributed by atoms with van der Waals surface area (Å²) in [7, 11) is 0. The average molecular weight is 248 g/mol. The van der Waals surface area contributed by atoms with Crippen LogP contribution in [0.2, 0.25) is 5.02 Å². The van der Waals surface area contributed by atoms with Crippen LogP contribution >= 0.6 is 11.6 Å². The highest BCUT2D eigenvalue weighted by atomic mass is 35.5. The highest BCUT2D eigenvalue weighted by Crippen LogP contribution is 2.23. The molecule has 0 unspecified atom stereocenters. The van der Waals surface area contributed by atoms with Gasteiger partial charge in [0, 0.05) is 5.02 Å². The maximum Gasteiger partial charge on any atom is 0.386 e. The third-order valence-electron chi connectivity index (χ3n) is 2.14. The van der Waals surface area contributed by atoms with Crippen molar-refractivity contribution in [1.82, 2.24) is 0 Å². The molecule has 0 bridgehead atoms. The number of carbonyl (C=O) groups is 1. The first-order valence-electron chi connectivity index (χ1n) is 4.90. The molecule has 0 fully saturated rings. The predicted molar refractivity (Wildman–Crippen MR) is 63.0 cm³/mol. The zero-order valence-corrected chi connectivity index (χ0v) is 9.48. The summed E-state index contributed by atoms with van der Waals surface area (Å²) in [6, 6.07) is 12.9. The van der Waals surface area contributed by atoms with E-state index in [1.807, 2.05) is 0 Å². The van der Waals surface area contributed by atoms with Crippen LogP contribution in [-0.2, 0) is 5.11 Å². The lowest BCUT2D eigenvalue weighted by atomic mass is 10.2. The van der Waals surface area contributed by atoms with Crippen LogP contribution in [0.4, 0.5) is 0 Å². The zero-order valence-electron chi connectivity index (χ0n) is 8.72. The largest absolute Gasteiger partial charge is 0.457 e. The van der Waals surface area contributed by atoms with Crippen LogP contribution in [-0.4, -0.2) is 5.97 Å². The molecule has 4 heteroatoms. The van der Waals surface area contributed by atoms with Gasteiger partial charge in [0.1, 0.15) is 11.5 Å². The predicted octanol–water partition coefficient (Wildman–Crippen LogP) is 3.70. The van der Waals surface area contributed by atoms with Crippen LogP contribution in [0, 0.1) is 0 Å². The molecular weight excluding hydrogens is 240 g/mol. The van der Waals surface area contributed by atoms with Gasteiger partial charge in [0.05, 0.1) is 5.56 Å². The second kappa shape index (κ2) is 4.89. The molecule has 85 valence electrons. The molecular formula is C13H8ClO3. The highest BCUT2D eigenvalue weighted by molar-refractivity contribution is 6.30. The highest BCUT2D eigenvalue weighted by Gasteiger charge is 2.04. The lowest BCUT2D eigenvalue weighted by molar-refractivity contribution is 0.0573. The molecule has 0 N–H and O–H groups in total. The SMILES string of the molecule is [O]C(=O)c1ccc(Oc2ccc(Cl)cc2)cc1. The van der Waals surface area contributed by atoms with E-state index < -0.39 is 5.97 Å². The fourth-order valence-electron chi connectivity index (χ4n) is 1.30. The van der Waals surface area contributed by atoms with Crippen molar-refractivity contribution < 1.29 is 14.6 Å². The molecule has 0 aromatic heterocycles. The third-order valence-corrected chi connectivity index (χ3v) is 2.39. The molecule has 0 heterocycles. The molecule has 0 aliphatic heterocycles. The van der Waals surface area contributed by atoms with Crippen molar-refractivity contribution in [2.45, 2.75) is 0 Å². The van der Waals surface area contributed by atoms with Gasteiger partial charge >= 0.3 is 5.97 Å². The minimum atomic E-state index is -1.21. The lowest BCUT2D eigenvalue weighted by Crippen LogP contribution is -1.93. The molecule has 2 aromatic rings. The summed E-state index contributed by atoms with van der Waals surface area (Å²) in [5.74, 6) is -0.0176. The Bertz CT molecular complexity index is 517. The molecule has 2 rings (SSSR count). The van der Waals surface area contributed by atoms with Gasteiger partial charge in [-0.25, -0.2) is 9.90 Å². The van der Waals surface area contributed by atoms with E-state index >= 15 is 0 Å². The number of hydrogen-bond donors (Lipinski definition) is 0. The Labute approximate surface area is 103 Å². The number of hydrogen-bond acceptors (Lipinski definition) is 2. The summed E-state index contributed by atoms with van der Waals surface area (Å²) in [4.78, 5) is 10.5. The van der Waals surface area contributed by atoms with Gasteiger partial charge < -0.3 is 4.74 Å². The van der Waals surface area contributed by atoms with Crippen molar-refractivity contribution in [1.29, 1.82) is 0 Å². The van der Waals surface area contributed by atoms with Crippen molar-refractivity contribution in [2.75, 3.05) is 0 Å². The molecule has 0 saturated heterocycles. The van der Waals surface area contributed by atoms with E-state index in [1.165, 1.54) is 12.1 Å². The Morgan fingerprint density at radius 1 is 0.882 bits per heavy atom. The number of carbonyl (C=O) groups excluding carboxylic acids is 1. The van der Waals surface area contributed by atoms with Gasteiger partial charge in [0.25, 0.3) is 0 Å². The Balaban J connectivity index is 2.13. The first kappa shape index (κ1) is 11.5. The molecule has 0 aliphatic rings. The Hall–Kier alpha value is -2.00. The maximum absolute atomic E-state index is 10.5. The van der Waals surface area contributed by atoms with E-state index in [2.05, 4.69) is 0 Å². The summed E-state index contributed by atoms with van der Waals surface area (Å²) in [5, 5.41) is 11.2. The fraction of sp³-hybridized carbons (Fsp3) is 0. The molecule has 0 spiro atoms. The number of benzene rings is 2. The topological polar surface area (TPSA) is 46.2 Å². The van der Waals surface area contributed by atoms with Gasteiger partial charge in [-0.3, -0.25) is 0 Å². The normalized spacial score (nSPS) is 9.94. The Kier molecular flexibility index (Phi) is 3.30. The zero-order chi connectivity index (χ0) is 12.3. The van der Waals surface area contributed by atoms with Crippen LogP contribution in [0.25, 0.3) is 0 Å². The maximum atomic E-state index is 10.5.